The number of likely N-dealkylation sites (tertiary alicyclic amines) is 1. The first kappa shape index (κ1) is 15.8. The van der Waals surface area contributed by atoms with Gasteiger partial charge in [0.25, 0.3) is 0 Å². The van der Waals surface area contributed by atoms with Gasteiger partial charge < -0.3 is 5.11 Å². The molecule has 1 N–H and O–H groups in total. The summed E-state index contributed by atoms with van der Waals surface area (Å²) in [6.07, 6.45) is 7.59. The highest BCUT2D eigenvalue weighted by Crippen LogP contribution is 2.45. The van der Waals surface area contributed by atoms with Gasteiger partial charge in [0.1, 0.15) is 5.54 Å². The van der Waals surface area contributed by atoms with Crippen molar-refractivity contribution in [2.75, 3.05) is 6.54 Å². The molecule has 1 aliphatic heterocycles. The molecule has 3 nitrogen and oxygen atoms in total. The maximum Gasteiger partial charge on any atom is 0.324 e. The first-order valence-electron chi connectivity index (χ1n) is 8.33. The lowest BCUT2D eigenvalue weighted by Crippen LogP contribution is -2.58. The van der Waals surface area contributed by atoms with Gasteiger partial charge >= 0.3 is 5.97 Å². The summed E-state index contributed by atoms with van der Waals surface area (Å²) >= 11 is 0. The Morgan fingerprint density at radius 1 is 1.25 bits per heavy atom. The van der Waals surface area contributed by atoms with Crippen LogP contribution in [0.25, 0.3) is 0 Å². The van der Waals surface area contributed by atoms with Crippen LogP contribution in [-0.2, 0) is 4.79 Å². The number of carbonyl (C=O) groups is 1. The summed E-state index contributed by atoms with van der Waals surface area (Å²) in [6, 6.07) is 0.460. The Hall–Kier alpha value is -0.570. The predicted octanol–water partition coefficient (Wildman–Crippen LogP) is 3.92. The Kier molecular flexibility index (Phi) is 4.48. The van der Waals surface area contributed by atoms with Crippen molar-refractivity contribution in [3.05, 3.63) is 0 Å². The number of rotatable bonds is 3. The van der Waals surface area contributed by atoms with Crippen molar-refractivity contribution in [2.24, 2.45) is 11.3 Å². The zero-order chi connectivity index (χ0) is 15.0. The van der Waals surface area contributed by atoms with E-state index < -0.39 is 11.5 Å². The maximum absolute atomic E-state index is 11.9. The molecule has 0 aromatic heterocycles. The Balaban J connectivity index is 2.29. The Morgan fingerprint density at radius 2 is 1.90 bits per heavy atom. The molecule has 0 aromatic carbocycles. The third-order valence-electron chi connectivity index (χ3n) is 5.76. The van der Waals surface area contributed by atoms with Gasteiger partial charge in [0.2, 0.25) is 0 Å². The fourth-order valence-corrected chi connectivity index (χ4v) is 4.64. The topological polar surface area (TPSA) is 40.5 Å². The fraction of sp³-hybridized carbons (Fsp3) is 0.941. The van der Waals surface area contributed by atoms with Gasteiger partial charge in [-0.15, -0.1) is 0 Å². The lowest BCUT2D eigenvalue weighted by atomic mass is 9.68. The van der Waals surface area contributed by atoms with Crippen LogP contribution in [0.1, 0.15) is 72.6 Å². The van der Waals surface area contributed by atoms with E-state index in [1.807, 2.05) is 6.92 Å². The second kappa shape index (κ2) is 5.67. The minimum Gasteiger partial charge on any atom is -0.480 e. The monoisotopic (exact) mass is 281 g/mol. The zero-order valence-electron chi connectivity index (χ0n) is 13.6. The fourth-order valence-electron chi connectivity index (χ4n) is 4.64. The van der Waals surface area contributed by atoms with Crippen LogP contribution in [0.15, 0.2) is 0 Å². The van der Waals surface area contributed by atoms with Crippen molar-refractivity contribution in [1.29, 1.82) is 0 Å². The molecular weight excluding hydrogens is 250 g/mol. The summed E-state index contributed by atoms with van der Waals surface area (Å²) in [6.45, 7) is 9.97. The number of hydrogen-bond acceptors (Lipinski definition) is 2. The molecule has 3 atom stereocenters. The molecular formula is C17H31NO2. The van der Waals surface area contributed by atoms with E-state index in [1.54, 1.807) is 0 Å². The summed E-state index contributed by atoms with van der Waals surface area (Å²) in [5.74, 6) is 0.0235. The number of carboxylic acids is 1. The van der Waals surface area contributed by atoms with E-state index >= 15 is 0 Å². The van der Waals surface area contributed by atoms with E-state index in [2.05, 4.69) is 25.7 Å². The Bertz CT molecular complexity index is 360. The summed E-state index contributed by atoms with van der Waals surface area (Å²) in [5.41, 5.74) is -0.322. The molecule has 0 bridgehead atoms. The van der Waals surface area contributed by atoms with Crippen LogP contribution in [0.4, 0.5) is 0 Å². The molecule has 20 heavy (non-hydrogen) atoms. The van der Waals surface area contributed by atoms with Crippen LogP contribution in [0, 0.1) is 11.3 Å². The zero-order valence-corrected chi connectivity index (χ0v) is 13.6. The van der Waals surface area contributed by atoms with E-state index in [0.717, 1.165) is 25.8 Å². The van der Waals surface area contributed by atoms with Gasteiger partial charge in [-0.2, -0.15) is 0 Å². The molecule has 3 unspecified atom stereocenters. The molecule has 2 fully saturated rings. The summed E-state index contributed by atoms with van der Waals surface area (Å²) in [7, 11) is 0. The van der Waals surface area contributed by atoms with Crippen molar-refractivity contribution in [3.8, 4) is 0 Å². The van der Waals surface area contributed by atoms with Gasteiger partial charge in [0, 0.05) is 6.04 Å². The largest absolute Gasteiger partial charge is 0.480 e. The van der Waals surface area contributed by atoms with Crippen LogP contribution in [0.2, 0.25) is 0 Å². The van der Waals surface area contributed by atoms with Crippen molar-refractivity contribution >= 4 is 5.97 Å². The van der Waals surface area contributed by atoms with Crippen LogP contribution in [0.3, 0.4) is 0 Å². The number of carboxylic acid groups (broad SMARTS) is 1. The molecule has 1 aliphatic carbocycles. The Labute approximate surface area is 123 Å². The molecule has 1 saturated carbocycles. The highest BCUT2D eigenvalue weighted by atomic mass is 16.4. The van der Waals surface area contributed by atoms with E-state index in [1.165, 1.54) is 25.7 Å². The third kappa shape index (κ3) is 2.61. The molecule has 2 rings (SSSR count). The lowest BCUT2D eigenvalue weighted by Gasteiger charge is -2.49. The van der Waals surface area contributed by atoms with Crippen molar-refractivity contribution in [1.82, 2.24) is 4.90 Å². The van der Waals surface area contributed by atoms with E-state index in [9.17, 15) is 9.90 Å². The summed E-state index contributed by atoms with van der Waals surface area (Å²) in [5, 5.41) is 9.81. The molecule has 1 heterocycles. The normalized spacial score (nSPS) is 36.2. The minimum atomic E-state index is -0.601. The van der Waals surface area contributed by atoms with Crippen LogP contribution in [-0.4, -0.2) is 34.1 Å². The lowest BCUT2D eigenvalue weighted by molar-refractivity contribution is -0.153. The van der Waals surface area contributed by atoms with E-state index in [4.69, 9.17) is 0 Å². The smallest absolute Gasteiger partial charge is 0.324 e. The molecule has 116 valence electrons. The van der Waals surface area contributed by atoms with Gasteiger partial charge in [-0.05, 0) is 50.0 Å². The second-order valence-corrected chi connectivity index (χ2v) is 7.81. The van der Waals surface area contributed by atoms with E-state index in [-0.39, 0.29) is 5.41 Å². The average Bonchev–Trinajstić information content (AvgIpc) is 2.82. The molecule has 1 saturated heterocycles. The van der Waals surface area contributed by atoms with Crippen LogP contribution in [0.5, 0.6) is 0 Å². The first-order valence-corrected chi connectivity index (χ1v) is 8.33. The highest BCUT2D eigenvalue weighted by molar-refractivity contribution is 5.79. The van der Waals surface area contributed by atoms with Gasteiger partial charge in [-0.3, -0.25) is 9.69 Å². The molecule has 0 spiro atoms. The van der Waals surface area contributed by atoms with Gasteiger partial charge in [0.05, 0.1) is 0 Å². The van der Waals surface area contributed by atoms with Crippen LogP contribution >= 0.6 is 0 Å². The van der Waals surface area contributed by atoms with Crippen molar-refractivity contribution in [3.63, 3.8) is 0 Å². The predicted molar refractivity (Wildman–Crippen MR) is 81.8 cm³/mol. The maximum atomic E-state index is 11.9. The number of nitrogens with zero attached hydrogens (tertiary/aromatic N) is 1. The molecule has 2 aliphatic rings. The number of aliphatic carboxylic acids is 1. The average molecular weight is 281 g/mol. The third-order valence-corrected chi connectivity index (χ3v) is 5.76. The molecule has 0 aromatic rings. The van der Waals surface area contributed by atoms with E-state index in [0.29, 0.717) is 12.0 Å². The molecule has 0 amide bonds. The van der Waals surface area contributed by atoms with Gasteiger partial charge in [0.15, 0.2) is 0 Å². The van der Waals surface area contributed by atoms with Crippen LogP contribution < -0.4 is 0 Å². The standard InChI is InChI=1S/C17H31NO2/c1-5-17(15(19)20)11-8-12-18(17)14-10-7-6-9-13(14)16(2,3)4/h13-14H,5-12H2,1-4H3,(H,19,20). The van der Waals surface area contributed by atoms with Crippen molar-refractivity contribution < 1.29 is 9.90 Å². The number of hydrogen-bond donors (Lipinski definition) is 1. The molecule has 3 heteroatoms. The van der Waals surface area contributed by atoms with Crippen molar-refractivity contribution in [2.45, 2.75) is 84.2 Å². The molecule has 0 radical (unpaired) electrons. The minimum absolute atomic E-state index is 0.270. The van der Waals surface area contributed by atoms with Gasteiger partial charge in [-0.25, -0.2) is 0 Å². The second-order valence-electron chi connectivity index (χ2n) is 7.81. The highest BCUT2D eigenvalue weighted by Gasteiger charge is 2.51. The summed E-state index contributed by atoms with van der Waals surface area (Å²) in [4.78, 5) is 14.3. The Morgan fingerprint density at radius 3 is 2.45 bits per heavy atom. The van der Waals surface area contributed by atoms with Gasteiger partial charge in [-0.1, -0.05) is 40.5 Å². The quantitative estimate of drug-likeness (QED) is 0.852. The first-order chi connectivity index (χ1) is 9.33. The SMILES string of the molecule is CCC1(C(=O)O)CCCN1C1CCCCC1C(C)(C)C. The summed E-state index contributed by atoms with van der Waals surface area (Å²) < 4.78 is 0.